The van der Waals surface area contributed by atoms with Crippen LogP contribution in [-0.4, -0.2) is 54.5 Å². The molecule has 0 N–H and O–H groups in total. The van der Waals surface area contributed by atoms with Gasteiger partial charge in [-0.15, -0.1) is 0 Å². The number of rotatable bonds is 1. The number of Topliss-reactive ketones (excluding diaryl/α,β-unsaturated/α-hetero) is 1. The number of likely N-dealkylation sites (N-methyl/N-ethyl adjacent to an activating group) is 1. The van der Waals surface area contributed by atoms with Crippen molar-refractivity contribution < 1.29 is 23.3 Å². The van der Waals surface area contributed by atoms with Crippen LogP contribution in [0.3, 0.4) is 0 Å². The molecule has 1 aromatic rings. The fraction of sp³-hybridized carbons (Fsp3) is 0.444. The normalized spacial score (nSPS) is 29.4. The van der Waals surface area contributed by atoms with Gasteiger partial charge in [-0.1, -0.05) is 0 Å². The first-order valence-electron chi connectivity index (χ1n) is 5.12. The minimum Gasteiger partial charge on any atom is -0.500 e. The number of likely N-dealkylation sites (tertiary alicyclic amines) is 1. The highest BCUT2D eigenvalue weighted by atomic mass is 16.7. The lowest BCUT2D eigenvalue weighted by molar-refractivity contribution is -0.148. The summed E-state index contributed by atoms with van der Waals surface area (Å²) in [5.41, 5.74) is -1.51. The molecule has 1 unspecified atom stereocenters. The predicted octanol–water partition coefficient (Wildman–Crippen LogP) is -1.80. The van der Waals surface area contributed by atoms with Gasteiger partial charge in [-0.3, -0.25) is 14.5 Å². The first-order valence-corrected chi connectivity index (χ1v) is 5.12. The van der Waals surface area contributed by atoms with Crippen LogP contribution in [0.25, 0.3) is 0 Å². The third-order valence-corrected chi connectivity index (χ3v) is 2.86. The van der Waals surface area contributed by atoms with Gasteiger partial charge in [0.05, 0.1) is 12.7 Å². The van der Waals surface area contributed by atoms with Crippen LogP contribution in [0.2, 0.25) is 0 Å². The zero-order valence-corrected chi connectivity index (χ0v) is 9.08. The monoisotopic (exact) mass is 236 g/mol. The molecule has 3 rings (SSSR count). The van der Waals surface area contributed by atoms with Gasteiger partial charge in [0.15, 0.2) is 5.78 Å². The largest absolute Gasteiger partial charge is 0.624 e. The summed E-state index contributed by atoms with van der Waals surface area (Å²) in [5, 5.41) is 0. The van der Waals surface area contributed by atoms with Crippen LogP contribution in [0.5, 0.6) is 0 Å². The van der Waals surface area contributed by atoms with Crippen LogP contribution >= 0.6 is 0 Å². The van der Waals surface area contributed by atoms with Crippen LogP contribution in [0, 0.1) is 0 Å². The molecule has 0 aromatic carbocycles. The molecule has 3 heterocycles. The molecule has 17 heavy (non-hydrogen) atoms. The molecule has 2 fully saturated rings. The van der Waals surface area contributed by atoms with E-state index in [2.05, 4.69) is 4.98 Å². The number of oxazole rings is 1. The van der Waals surface area contributed by atoms with E-state index in [-0.39, 0.29) is 24.7 Å². The van der Waals surface area contributed by atoms with Crippen LogP contribution in [0.4, 0.5) is 0 Å². The van der Waals surface area contributed by atoms with E-state index in [4.69, 9.17) is 13.7 Å². The second kappa shape index (κ2) is 3.41. The lowest BCUT2D eigenvalue weighted by Gasteiger charge is -2.15. The summed E-state index contributed by atoms with van der Waals surface area (Å²) in [4.78, 5) is 29.2. The van der Waals surface area contributed by atoms with E-state index in [1.54, 1.807) is 11.9 Å². The summed E-state index contributed by atoms with van der Waals surface area (Å²) in [5.74, 6) is -0.827. The Labute approximate surface area is 96.8 Å². The zero-order chi connectivity index (χ0) is 12.0. The molecule has 2 saturated heterocycles. The van der Waals surface area contributed by atoms with Crippen LogP contribution in [0.1, 0.15) is 0 Å². The molecule has 1 spiro atoms. The Bertz CT molecular complexity index is 476. The van der Waals surface area contributed by atoms with E-state index < -0.39 is 18.7 Å². The van der Waals surface area contributed by atoms with Crippen molar-refractivity contribution in [3.8, 4) is 0 Å². The van der Waals surface area contributed by atoms with Crippen molar-refractivity contribution in [2.24, 2.45) is 0 Å². The van der Waals surface area contributed by atoms with Gasteiger partial charge in [0, 0.05) is 6.54 Å². The first-order chi connectivity index (χ1) is 8.12. The SMILES string of the molecule is CN1CC(=O)C2(C1)OB(c1ncco1)OC2=O. The van der Waals surface area contributed by atoms with Gasteiger partial charge in [-0.05, 0) is 7.05 Å². The van der Waals surface area contributed by atoms with Crippen molar-refractivity contribution in [3.05, 3.63) is 12.5 Å². The van der Waals surface area contributed by atoms with Gasteiger partial charge in [-0.25, -0.2) is 4.98 Å². The highest BCUT2D eigenvalue weighted by molar-refractivity contribution is 6.63. The van der Waals surface area contributed by atoms with Crippen molar-refractivity contribution in [1.29, 1.82) is 0 Å². The molecule has 7 nitrogen and oxygen atoms in total. The van der Waals surface area contributed by atoms with Crippen LogP contribution in [-0.2, 0) is 18.9 Å². The van der Waals surface area contributed by atoms with Crippen LogP contribution in [0.15, 0.2) is 16.9 Å². The topological polar surface area (TPSA) is 81.9 Å². The molecular formula is C9H9BN2O5. The molecule has 1 atom stereocenters. The van der Waals surface area contributed by atoms with Crippen molar-refractivity contribution in [2.75, 3.05) is 20.1 Å². The maximum Gasteiger partial charge on any atom is 0.624 e. The molecule has 0 saturated carbocycles. The molecule has 0 amide bonds. The fourth-order valence-corrected chi connectivity index (χ4v) is 2.08. The number of ketones is 1. The summed E-state index contributed by atoms with van der Waals surface area (Å²) in [6, 6.07) is 0. The van der Waals surface area contributed by atoms with Gasteiger partial charge < -0.3 is 13.7 Å². The average molecular weight is 236 g/mol. The molecule has 88 valence electrons. The minimum absolute atomic E-state index is 0.137. The van der Waals surface area contributed by atoms with E-state index in [1.165, 1.54) is 12.5 Å². The summed E-state index contributed by atoms with van der Waals surface area (Å²) in [6.07, 6.45) is 2.76. The molecule has 1 aromatic heterocycles. The molecule has 0 aliphatic carbocycles. The van der Waals surface area contributed by atoms with Crippen LogP contribution < -0.4 is 5.79 Å². The number of hydrogen-bond acceptors (Lipinski definition) is 7. The Balaban J connectivity index is 1.90. The summed E-state index contributed by atoms with van der Waals surface area (Å²) < 4.78 is 15.4. The Morgan fingerprint density at radius 1 is 1.53 bits per heavy atom. The second-order valence-corrected chi connectivity index (χ2v) is 4.15. The van der Waals surface area contributed by atoms with E-state index >= 15 is 0 Å². The van der Waals surface area contributed by atoms with E-state index in [0.717, 1.165) is 0 Å². The standard InChI is InChI=1S/C9H9BN2O5/c1-12-4-6(13)9(5-12)7(14)16-10(17-9)8-11-2-3-15-8/h2-3H,4-5H2,1H3. The number of nitrogens with zero attached hydrogens (tertiary/aromatic N) is 2. The summed E-state index contributed by atoms with van der Waals surface area (Å²) in [7, 11) is 0.704. The van der Waals surface area contributed by atoms with Crippen molar-refractivity contribution >= 4 is 24.7 Å². The van der Waals surface area contributed by atoms with Gasteiger partial charge in [0.1, 0.15) is 6.26 Å². The highest BCUT2D eigenvalue weighted by Gasteiger charge is 2.62. The molecule has 8 heteroatoms. The third-order valence-electron chi connectivity index (χ3n) is 2.86. The Hall–Kier alpha value is -1.67. The maximum atomic E-state index is 11.8. The fourth-order valence-electron chi connectivity index (χ4n) is 2.08. The lowest BCUT2D eigenvalue weighted by Crippen LogP contribution is -2.46. The number of aromatic nitrogens is 1. The third kappa shape index (κ3) is 1.41. The zero-order valence-electron chi connectivity index (χ0n) is 9.08. The molecular weight excluding hydrogens is 227 g/mol. The van der Waals surface area contributed by atoms with Gasteiger partial charge in [0.25, 0.3) is 0 Å². The Morgan fingerprint density at radius 3 is 2.94 bits per heavy atom. The Morgan fingerprint density at radius 2 is 2.35 bits per heavy atom. The molecule has 0 bridgehead atoms. The van der Waals surface area contributed by atoms with Crippen molar-refractivity contribution in [2.45, 2.75) is 5.60 Å². The number of hydrogen-bond donors (Lipinski definition) is 0. The number of carbonyl (C=O) groups excluding carboxylic acids is 2. The quantitative estimate of drug-likeness (QED) is 0.420. The maximum absolute atomic E-state index is 11.8. The Kier molecular flexibility index (Phi) is 2.10. The minimum atomic E-state index is -1.51. The average Bonchev–Trinajstić information content (AvgIpc) is 2.91. The van der Waals surface area contributed by atoms with Gasteiger partial charge >= 0.3 is 13.1 Å². The van der Waals surface area contributed by atoms with Crippen molar-refractivity contribution in [3.63, 3.8) is 0 Å². The summed E-state index contributed by atoms with van der Waals surface area (Å²) in [6.45, 7) is 0.370. The summed E-state index contributed by atoms with van der Waals surface area (Å²) >= 11 is 0. The van der Waals surface area contributed by atoms with Gasteiger partial charge in [-0.2, -0.15) is 0 Å². The molecule has 2 aliphatic rings. The van der Waals surface area contributed by atoms with E-state index in [1.807, 2.05) is 0 Å². The second-order valence-electron chi connectivity index (χ2n) is 4.15. The van der Waals surface area contributed by atoms with E-state index in [9.17, 15) is 9.59 Å². The predicted molar refractivity (Wildman–Crippen MR) is 54.3 cm³/mol. The molecule has 0 radical (unpaired) electrons. The van der Waals surface area contributed by atoms with Crippen molar-refractivity contribution in [1.82, 2.24) is 9.88 Å². The number of carbonyl (C=O) groups is 2. The lowest BCUT2D eigenvalue weighted by atomic mass is 9.90. The van der Waals surface area contributed by atoms with Gasteiger partial charge in [0.2, 0.25) is 11.4 Å². The van der Waals surface area contributed by atoms with E-state index in [0.29, 0.717) is 0 Å². The highest BCUT2D eigenvalue weighted by Crippen LogP contribution is 2.29. The molecule has 2 aliphatic heterocycles. The smallest absolute Gasteiger partial charge is 0.500 e. The first kappa shape index (κ1) is 10.5.